The third-order valence-corrected chi connectivity index (χ3v) is 2.63. The number of nitrogens with zero attached hydrogens (tertiary/aromatic N) is 2. The highest BCUT2D eigenvalue weighted by Crippen LogP contribution is 2.19. The number of aryl methyl sites for hydroxylation is 1. The molecule has 1 aromatic heterocycles. The molecular formula is C13H15N3O. The zero-order valence-corrected chi connectivity index (χ0v) is 9.92. The maximum absolute atomic E-state index is 6.14. The summed E-state index contributed by atoms with van der Waals surface area (Å²) in [5.41, 5.74) is 9.13. The summed E-state index contributed by atoms with van der Waals surface area (Å²) in [6.45, 7) is 2.04. The monoisotopic (exact) mass is 229 g/mol. The summed E-state index contributed by atoms with van der Waals surface area (Å²) in [5.74, 6) is 0.526. The first-order valence-electron chi connectivity index (χ1n) is 5.39. The lowest BCUT2D eigenvalue weighted by molar-refractivity contribution is 0.395. The highest BCUT2D eigenvalue weighted by Gasteiger charge is 2.11. The number of methoxy groups -OCH3 is 1. The minimum absolute atomic E-state index is 0.257. The number of benzene rings is 1. The van der Waals surface area contributed by atoms with Crippen molar-refractivity contribution in [3.05, 3.63) is 53.5 Å². The Hall–Kier alpha value is -1.94. The molecule has 1 aromatic carbocycles. The Bertz CT molecular complexity index is 496. The Morgan fingerprint density at radius 2 is 1.88 bits per heavy atom. The molecule has 0 amide bonds. The molecule has 1 heterocycles. The SMILES string of the molecule is COc1cc(C(N)c2ccc(C)cc2)ncn1. The molecule has 0 aliphatic heterocycles. The Kier molecular flexibility index (Phi) is 3.35. The highest BCUT2D eigenvalue weighted by atomic mass is 16.5. The van der Waals surface area contributed by atoms with Gasteiger partial charge in [-0.1, -0.05) is 29.8 Å². The zero-order valence-electron chi connectivity index (χ0n) is 9.92. The second-order valence-electron chi connectivity index (χ2n) is 3.87. The average Bonchev–Trinajstić information content (AvgIpc) is 2.39. The number of hydrogen-bond donors (Lipinski definition) is 1. The maximum Gasteiger partial charge on any atom is 0.216 e. The van der Waals surface area contributed by atoms with Crippen LogP contribution in [0.2, 0.25) is 0 Å². The quantitative estimate of drug-likeness (QED) is 0.872. The minimum Gasteiger partial charge on any atom is -0.481 e. The predicted octanol–water partition coefficient (Wildman–Crippen LogP) is 1.84. The number of hydrogen-bond acceptors (Lipinski definition) is 4. The van der Waals surface area contributed by atoms with E-state index in [9.17, 15) is 0 Å². The lowest BCUT2D eigenvalue weighted by atomic mass is 10.0. The van der Waals surface area contributed by atoms with E-state index < -0.39 is 0 Å². The number of ether oxygens (including phenoxy) is 1. The van der Waals surface area contributed by atoms with Crippen molar-refractivity contribution in [1.29, 1.82) is 0 Å². The lowest BCUT2D eigenvalue weighted by Gasteiger charge is -2.12. The first kappa shape index (κ1) is 11.5. The third-order valence-electron chi connectivity index (χ3n) is 2.63. The maximum atomic E-state index is 6.14. The van der Waals surface area contributed by atoms with Crippen molar-refractivity contribution in [3.8, 4) is 5.88 Å². The standard InChI is InChI=1S/C13H15N3O/c1-9-3-5-10(6-4-9)13(14)11-7-12(17-2)16-8-15-11/h3-8,13H,14H2,1-2H3. The van der Waals surface area contributed by atoms with Gasteiger partial charge in [-0.2, -0.15) is 0 Å². The molecule has 88 valence electrons. The summed E-state index contributed by atoms with van der Waals surface area (Å²) in [5, 5.41) is 0. The van der Waals surface area contributed by atoms with E-state index in [0.29, 0.717) is 5.88 Å². The summed E-state index contributed by atoms with van der Waals surface area (Å²) in [6.07, 6.45) is 1.46. The molecule has 0 aliphatic carbocycles. The molecule has 4 nitrogen and oxygen atoms in total. The smallest absolute Gasteiger partial charge is 0.216 e. The fraction of sp³-hybridized carbons (Fsp3) is 0.231. The van der Waals surface area contributed by atoms with Crippen LogP contribution in [-0.2, 0) is 0 Å². The summed E-state index contributed by atoms with van der Waals surface area (Å²) in [7, 11) is 1.57. The molecule has 0 fully saturated rings. The summed E-state index contributed by atoms with van der Waals surface area (Å²) in [4.78, 5) is 8.13. The molecule has 1 atom stereocenters. The Balaban J connectivity index is 2.29. The van der Waals surface area contributed by atoms with Gasteiger partial charge in [0.25, 0.3) is 0 Å². The van der Waals surface area contributed by atoms with Crippen molar-refractivity contribution < 1.29 is 4.74 Å². The molecule has 2 rings (SSSR count). The van der Waals surface area contributed by atoms with Gasteiger partial charge in [-0.3, -0.25) is 0 Å². The van der Waals surface area contributed by atoms with Crippen LogP contribution < -0.4 is 10.5 Å². The van der Waals surface area contributed by atoms with Crippen LogP contribution in [0.1, 0.15) is 22.9 Å². The first-order chi connectivity index (χ1) is 8.20. The van der Waals surface area contributed by atoms with Gasteiger partial charge in [-0.25, -0.2) is 9.97 Å². The normalized spacial score (nSPS) is 12.2. The molecule has 2 aromatic rings. The molecule has 4 heteroatoms. The summed E-state index contributed by atoms with van der Waals surface area (Å²) < 4.78 is 5.05. The summed E-state index contributed by atoms with van der Waals surface area (Å²) >= 11 is 0. The number of aromatic nitrogens is 2. The predicted molar refractivity (Wildman–Crippen MR) is 65.8 cm³/mol. The van der Waals surface area contributed by atoms with Gasteiger partial charge in [-0.15, -0.1) is 0 Å². The molecule has 0 saturated heterocycles. The molecule has 1 unspecified atom stereocenters. The van der Waals surface area contributed by atoms with E-state index in [1.807, 2.05) is 31.2 Å². The fourth-order valence-corrected chi connectivity index (χ4v) is 1.58. The lowest BCUT2D eigenvalue weighted by Crippen LogP contribution is -2.13. The molecule has 0 radical (unpaired) electrons. The molecule has 2 N–H and O–H groups in total. The van der Waals surface area contributed by atoms with Crippen LogP contribution in [0.15, 0.2) is 36.7 Å². The van der Waals surface area contributed by atoms with Crippen LogP contribution >= 0.6 is 0 Å². The van der Waals surface area contributed by atoms with E-state index in [1.165, 1.54) is 11.9 Å². The van der Waals surface area contributed by atoms with Gasteiger partial charge < -0.3 is 10.5 Å². The van der Waals surface area contributed by atoms with Crippen LogP contribution in [0.4, 0.5) is 0 Å². The Morgan fingerprint density at radius 3 is 2.53 bits per heavy atom. The van der Waals surface area contributed by atoms with Crippen molar-refractivity contribution in [1.82, 2.24) is 9.97 Å². The van der Waals surface area contributed by atoms with Gasteiger partial charge in [0.2, 0.25) is 5.88 Å². The number of rotatable bonds is 3. The van der Waals surface area contributed by atoms with Gasteiger partial charge in [0.05, 0.1) is 18.8 Å². The largest absolute Gasteiger partial charge is 0.481 e. The second-order valence-corrected chi connectivity index (χ2v) is 3.87. The van der Waals surface area contributed by atoms with Crippen molar-refractivity contribution in [2.75, 3.05) is 7.11 Å². The third kappa shape index (κ3) is 2.60. The summed E-state index contributed by atoms with van der Waals surface area (Å²) in [6, 6.07) is 9.59. The second kappa shape index (κ2) is 4.93. The Labute approximate surface area is 100 Å². The van der Waals surface area contributed by atoms with Crippen molar-refractivity contribution in [2.45, 2.75) is 13.0 Å². The first-order valence-corrected chi connectivity index (χ1v) is 5.39. The van der Waals surface area contributed by atoms with Gasteiger partial charge in [0.1, 0.15) is 6.33 Å². The van der Waals surface area contributed by atoms with Gasteiger partial charge in [-0.05, 0) is 12.5 Å². The van der Waals surface area contributed by atoms with E-state index in [1.54, 1.807) is 13.2 Å². The Morgan fingerprint density at radius 1 is 1.18 bits per heavy atom. The molecule has 0 spiro atoms. The van der Waals surface area contributed by atoms with E-state index in [2.05, 4.69) is 9.97 Å². The van der Waals surface area contributed by atoms with Crippen LogP contribution in [0.25, 0.3) is 0 Å². The van der Waals surface area contributed by atoms with Crippen LogP contribution in [0.5, 0.6) is 5.88 Å². The highest BCUT2D eigenvalue weighted by molar-refractivity contribution is 5.30. The molecule has 17 heavy (non-hydrogen) atoms. The van der Waals surface area contributed by atoms with Crippen molar-refractivity contribution >= 4 is 0 Å². The molecule has 0 bridgehead atoms. The van der Waals surface area contributed by atoms with E-state index >= 15 is 0 Å². The van der Waals surface area contributed by atoms with E-state index in [0.717, 1.165) is 11.3 Å². The minimum atomic E-state index is -0.257. The molecular weight excluding hydrogens is 214 g/mol. The van der Waals surface area contributed by atoms with Crippen molar-refractivity contribution in [3.63, 3.8) is 0 Å². The molecule has 0 saturated carbocycles. The fourth-order valence-electron chi connectivity index (χ4n) is 1.58. The van der Waals surface area contributed by atoms with Gasteiger partial charge >= 0.3 is 0 Å². The van der Waals surface area contributed by atoms with E-state index in [-0.39, 0.29) is 6.04 Å². The number of nitrogens with two attached hydrogens (primary N) is 1. The van der Waals surface area contributed by atoms with E-state index in [4.69, 9.17) is 10.5 Å². The average molecular weight is 229 g/mol. The van der Waals surface area contributed by atoms with Gasteiger partial charge in [0.15, 0.2) is 0 Å². The van der Waals surface area contributed by atoms with Crippen LogP contribution in [0.3, 0.4) is 0 Å². The molecule has 0 aliphatic rings. The zero-order chi connectivity index (χ0) is 12.3. The topological polar surface area (TPSA) is 61.0 Å². The van der Waals surface area contributed by atoms with Gasteiger partial charge in [0, 0.05) is 6.07 Å². The van der Waals surface area contributed by atoms with Crippen LogP contribution in [0, 0.1) is 6.92 Å². The van der Waals surface area contributed by atoms with Crippen molar-refractivity contribution in [2.24, 2.45) is 5.73 Å². The van der Waals surface area contributed by atoms with Crippen LogP contribution in [-0.4, -0.2) is 17.1 Å².